The fourth-order valence-corrected chi connectivity index (χ4v) is 3.57. The minimum absolute atomic E-state index is 0.0393. The highest BCUT2D eigenvalue weighted by Crippen LogP contribution is 2.38. The van der Waals surface area contributed by atoms with Crippen molar-refractivity contribution in [3.05, 3.63) is 23.8 Å². The number of likely N-dealkylation sites (tertiary alicyclic amines) is 1. The Hall–Kier alpha value is -2.24. The van der Waals surface area contributed by atoms with E-state index >= 15 is 0 Å². The molecule has 6 nitrogen and oxygen atoms in total. The normalized spacial score (nSPS) is 23.0. The summed E-state index contributed by atoms with van der Waals surface area (Å²) in [5.41, 5.74) is 0.0987. The lowest BCUT2D eigenvalue weighted by atomic mass is 9.76. The van der Waals surface area contributed by atoms with E-state index in [1.54, 1.807) is 18.7 Å². The van der Waals surface area contributed by atoms with E-state index in [-0.39, 0.29) is 24.7 Å². The maximum atomic E-state index is 12.3. The van der Waals surface area contributed by atoms with Crippen LogP contribution >= 0.6 is 0 Å². The van der Waals surface area contributed by atoms with Gasteiger partial charge in [0.2, 0.25) is 12.7 Å². The summed E-state index contributed by atoms with van der Waals surface area (Å²) in [6.07, 6.45) is 2.06. The third-order valence-electron chi connectivity index (χ3n) is 5.10. The molecule has 1 aromatic rings. The lowest BCUT2D eigenvalue weighted by Gasteiger charge is -2.42. The molecular weight excluding hydrogens is 322 g/mol. The fourth-order valence-electron chi connectivity index (χ4n) is 3.57. The molecule has 1 aromatic carbocycles. The Bertz CT molecular complexity index is 699. The molecule has 1 amide bonds. The summed E-state index contributed by atoms with van der Waals surface area (Å²) in [6.45, 7) is 6.53. The van der Waals surface area contributed by atoms with Crippen molar-refractivity contribution in [1.82, 2.24) is 4.90 Å². The molecule has 0 bridgehead atoms. The summed E-state index contributed by atoms with van der Waals surface area (Å²) in [5.74, 6) is 0.676. The number of benzene rings is 1. The first-order valence-corrected chi connectivity index (χ1v) is 8.58. The number of carboxylic acids is 1. The number of hydrogen-bond acceptors (Lipinski definition) is 4. The molecule has 0 radical (unpaired) electrons. The van der Waals surface area contributed by atoms with Gasteiger partial charge in [-0.1, -0.05) is 13.0 Å². The third-order valence-corrected chi connectivity index (χ3v) is 5.10. The summed E-state index contributed by atoms with van der Waals surface area (Å²) >= 11 is 0. The van der Waals surface area contributed by atoms with Crippen LogP contribution in [-0.4, -0.2) is 41.8 Å². The predicted octanol–water partition coefficient (Wildman–Crippen LogP) is 2.70. The van der Waals surface area contributed by atoms with Crippen LogP contribution in [0.3, 0.4) is 0 Å². The van der Waals surface area contributed by atoms with Crippen molar-refractivity contribution in [3.63, 3.8) is 0 Å². The molecule has 2 aliphatic heterocycles. The fraction of sp³-hybridized carbons (Fsp3) is 0.579. The number of carbonyl (C=O) groups excluding carboxylic acids is 1. The zero-order valence-electron chi connectivity index (χ0n) is 15.0. The molecular formula is C19H25NO5. The molecule has 136 valence electrons. The Balaban J connectivity index is 1.72. The van der Waals surface area contributed by atoms with Crippen LogP contribution in [0, 0.1) is 10.8 Å². The van der Waals surface area contributed by atoms with Crippen LogP contribution in [0.5, 0.6) is 11.5 Å². The Labute approximate surface area is 147 Å². The smallest absolute Gasteiger partial charge is 0.310 e. The van der Waals surface area contributed by atoms with Gasteiger partial charge in [-0.2, -0.15) is 0 Å². The maximum Gasteiger partial charge on any atom is 0.310 e. The lowest BCUT2D eigenvalue weighted by Crippen LogP contribution is -2.50. The first-order valence-electron chi connectivity index (χ1n) is 8.58. The molecule has 25 heavy (non-hydrogen) atoms. The lowest BCUT2D eigenvalue weighted by molar-refractivity contribution is -0.151. The molecule has 1 atom stereocenters. The standard InChI is InChI=1S/C19H25NO5/c1-18(2,17(22)23)10-20-11-19(3,7-6-16(20)21)9-13-4-5-14-15(8-13)25-12-24-14/h4-5,8H,6-7,9-12H2,1-3H3,(H,22,23). The molecule has 1 fully saturated rings. The highest BCUT2D eigenvalue weighted by molar-refractivity contribution is 5.79. The zero-order valence-corrected chi connectivity index (χ0v) is 15.0. The Morgan fingerprint density at radius 1 is 1.32 bits per heavy atom. The molecule has 0 aromatic heterocycles. The van der Waals surface area contributed by atoms with Crippen molar-refractivity contribution in [3.8, 4) is 11.5 Å². The van der Waals surface area contributed by atoms with E-state index in [0.717, 1.165) is 29.9 Å². The number of rotatable bonds is 5. The number of piperidine rings is 1. The first-order chi connectivity index (χ1) is 11.7. The van der Waals surface area contributed by atoms with Crippen LogP contribution in [0.15, 0.2) is 18.2 Å². The van der Waals surface area contributed by atoms with Crippen molar-refractivity contribution in [1.29, 1.82) is 0 Å². The van der Waals surface area contributed by atoms with Gasteiger partial charge < -0.3 is 19.5 Å². The van der Waals surface area contributed by atoms with E-state index in [0.29, 0.717) is 13.0 Å². The van der Waals surface area contributed by atoms with E-state index in [2.05, 4.69) is 6.92 Å². The molecule has 1 saturated heterocycles. The SMILES string of the molecule is CC1(Cc2ccc3c(c2)OCO3)CCC(=O)N(CC(C)(C)C(=O)O)C1. The second kappa shape index (κ2) is 6.24. The maximum absolute atomic E-state index is 12.3. The van der Waals surface area contributed by atoms with Crippen molar-refractivity contribution in [2.75, 3.05) is 19.9 Å². The molecule has 3 rings (SSSR count). The van der Waals surface area contributed by atoms with E-state index < -0.39 is 11.4 Å². The Kier molecular flexibility index (Phi) is 4.39. The van der Waals surface area contributed by atoms with E-state index in [1.165, 1.54) is 0 Å². The quantitative estimate of drug-likeness (QED) is 0.886. The van der Waals surface area contributed by atoms with Gasteiger partial charge in [-0.05, 0) is 49.8 Å². The second-order valence-corrected chi connectivity index (χ2v) is 8.11. The monoisotopic (exact) mass is 347 g/mol. The number of hydrogen-bond donors (Lipinski definition) is 1. The van der Waals surface area contributed by atoms with Crippen LogP contribution in [0.1, 0.15) is 39.2 Å². The van der Waals surface area contributed by atoms with Crippen LogP contribution in [-0.2, 0) is 16.0 Å². The zero-order chi connectivity index (χ0) is 18.2. The van der Waals surface area contributed by atoms with Gasteiger partial charge in [-0.25, -0.2) is 0 Å². The number of carboxylic acid groups (broad SMARTS) is 1. The molecule has 2 heterocycles. The van der Waals surface area contributed by atoms with Crippen molar-refractivity contribution >= 4 is 11.9 Å². The summed E-state index contributed by atoms with van der Waals surface area (Å²) in [5, 5.41) is 9.35. The highest BCUT2D eigenvalue weighted by Gasteiger charge is 2.39. The summed E-state index contributed by atoms with van der Waals surface area (Å²) in [7, 11) is 0. The summed E-state index contributed by atoms with van der Waals surface area (Å²) in [4.78, 5) is 25.4. The van der Waals surface area contributed by atoms with Gasteiger partial charge in [0.25, 0.3) is 0 Å². The van der Waals surface area contributed by atoms with Crippen LogP contribution < -0.4 is 9.47 Å². The minimum atomic E-state index is -0.952. The second-order valence-electron chi connectivity index (χ2n) is 8.11. The Morgan fingerprint density at radius 3 is 2.76 bits per heavy atom. The van der Waals surface area contributed by atoms with Crippen molar-refractivity contribution < 1.29 is 24.2 Å². The van der Waals surface area contributed by atoms with Gasteiger partial charge in [0, 0.05) is 19.5 Å². The largest absolute Gasteiger partial charge is 0.481 e. The average Bonchev–Trinajstić information content (AvgIpc) is 2.98. The molecule has 0 aliphatic carbocycles. The Morgan fingerprint density at radius 2 is 2.04 bits per heavy atom. The number of ether oxygens (including phenoxy) is 2. The molecule has 1 N–H and O–H groups in total. The van der Waals surface area contributed by atoms with Crippen molar-refractivity contribution in [2.45, 2.75) is 40.0 Å². The summed E-state index contributed by atoms with van der Waals surface area (Å²) < 4.78 is 10.8. The van der Waals surface area contributed by atoms with Crippen molar-refractivity contribution in [2.24, 2.45) is 10.8 Å². The van der Waals surface area contributed by atoms with Gasteiger partial charge in [-0.15, -0.1) is 0 Å². The van der Waals surface area contributed by atoms with Crippen LogP contribution in [0.4, 0.5) is 0 Å². The molecule has 1 unspecified atom stereocenters. The predicted molar refractivity (Wildman–Crippen MR) is 91.6 cm³/mol. The molecule has 2 aliphatic rings. The summed E-state index contributed by atoms with van der Waals surface area (Å²) in [6, 6.07) is 5.94. The molecule has 0 spiro atoms. The van der Waals surface area contributed by atoms with Gasteiger partial charge in [0.1, 0.15) is 0 Å². The highest BCUT2D eigenvalue weighted by atomic mass is 16.7. The third kappa shape index (κ3) is 3.72. The minimum Gasteiger partial charge on any atom is -0.481 e. The molecule has 0 saturated carbocycles. The number of nitrogens with zero attached hydrogens (tertiary/aromatic N) is 1. The average molecular weight is 347 g/mol. The first kappa shape index (κ1) is 17.6. The van der Waals surface area contributed by atoms with E-state index in [9.17, 15) is 14.7 Å². The van der Waals surface area contributed by atoms with Gasteiger partial charge in [0.15, 0.2) is 11.5 Å². The molecule has 6 heteroatoms. The van der Waals surface area contributed by atoms with E-state index in [4.69, 9.17) is 9.47 Å². The van der Waals surface area contributed by atoms with Gasteiger partial charge in [0.05, 0.1) is 5.41 Å². The van der Waals surface area contributed by atoms with Crippen LogP contribution in [0.2, 0.25) is 0 Å². The van der Waals surface area contributed by atoms with Gasteiger partial charge in [-0.3, -0.25) is 9.59 Å². The van der Waals surface area contributed by atoms with E-state index in [1.807, 2.05) is 18.2 Å². The van der Waals surface area contributed by atoms with Crippen LogP contribution in [0.25, 0.3) is 0 Å². The number of carbonyl (C=O) groups is 2. The number of amides is 1. The topological polar surface area (TPSA) is 76.1 Å². The van der Waals surface area contributed by atoms with Gasteiger partial charge >= 0.3 is 5.97 Å². The number of fused-ring (bicyclic) bond motifs is 1. The number of aliphatic carboxylic acids is 1.